The predicted octanol–water partition coefficient (Wildman–Crippen LogP) is -0.106. The van der Waals surface area contributed by atoms with Crippen LogP contribution in [-0.2, 0) is 0 Å². The van der Waals surface area contributed by atoms with Gasteiger partial charge in [-0.3, -0.25) is 0 Å². The Hall–Kier alpha value is -1.78. The highest BCUT2D eigenvalue weighted by molar-refractivity contribution is 5.51. The van der Waals surface area contributed by atoms with E-state index in [1.807, 2.05) is 0 Å². The van der Waals surface area contributed by atoms with Gasteiger partial charge in [0.2, 0.25) is 5.95 Å². The molecule has 0 saturated carbocycles. The third kappa shape index (κ3) is 0.706. The van der Waals surface area contributed by atoms with Crippen molar-refractivity contribution in [1.82, 2.24) is 14.6 Å². The highest BCUT2D eigenvalue weighted by Crippen LogP contribution is 2.10. The first-order chi connectivity index (χ1) is 5.29. The summed E-state index contributed by atoms with van der Waals surface area (Å²) in [6, 6.07) is 5.34. The molecular weight excluding hydrogens is 142 g/mol. The molecule has 2 rings (SSSR count). The van der Waals surface area contributed by atoms with E-state index in [9.17, 15) is 0 Å². The van der Waals surface area contributed by atoms with Crippen LogP contribution in [0.1, 0.15) is 0 Å². The molecule has 2 heterocycles. The van der Waals surface area contributed by atoms with Crippen LogP contribution in [0.2, 0.25) is 0 Å². The topological polar surface area (TPSA) is 82.2 Å². The van der Waals surface area contributed by atoms with Crippen molar-refractivity contribution in [3.63, 3.8) is 0 Å². The minimum Gasteiger partial charge on any atom is -0.385 e. The van der Waals surface area contributed by atoms with Gasteiger partial charge in [-0.2, -0.15) is 0 Å². The van der Waals surface area contributed by atoms with Crippen LogP contribution < -0.4 is 11.5 Å². The number of nitrogen functional groups attached to an aromatic ring is 2. The summed E-state index contributed by atoms with van der Waals surface area (Å²) in [5, 5.41) is 7.45. The summed E-state index contributed by atoms with van der Waals surface area (Å²) < 4.78 is 1.58. The molecule has 0 amide bonds. The molecule has 2 aromatic rings. The Bertz CT molecular complexity index is 391. The normalized spacial score (nSPS) is 10.5. The van der Waals surface area contributed by atoms with Crippen LogP contribution in [0, 0.1) is 0 Å². The molecule has 0 unspecified atom stereocenters. The van der Waals surface area contributed by atoms with Gasteiger partial charge in [0, 0.05) is 0 Å². The Kier molecular flexibility index (Phi) is 1.00. The largest absolute Gasteiger partial charge is 0.385 e. The van der Waals surface area contributed by atoms with E-state index in [1.54, 1.807) is 22.6 Å². The lowest BCUT2D eigenvalue weighted by atomic mass is 10.4. The molecular formula is C6H7N5. The molecule has 5 nitrogen and oxygen atoms in total. The molecule has 0 aromatic carbocycles. The highest BCUT2D eigenvalue weighted by atomic mass is 15.3. The van der Waals surface area contributed by atoms with Crippen molar-refractivity contribution in [2.75, 3.05) is 11.5 Å². The van der Waals surface area contributed by atoms with Gasteiger partial charge in [0.15, 0.2) is 5.65 Å². The van der Waals surface area contributed by atoms with Gasteiger partial charge in [0.1, 0.15) is 5.82 Å². The maximum atomic E-state index is 5.60. The molecule has 4 N–H and O–H groups in total. The fourth-order valence-corrected chi connectivity index (χ4v) is 0.989. The third-order valence-corrected chi connectivity index (χ3v) is 1.48. The molecule has 0 aliphatic carbocycles. The standard InChI is InChI=1S/C6H7N5/c7-4-2-1-3-5-9-10-6(8)11(4)5/h1-3H,7H2,(H2,8,10). The van der Waals surface area contributed by atoms with Gasteiger partial charge >= 0.3 is 0 Å². The lowest BCUT2D eigenvalue weighted by Crippen LogP contribution is -2.00. The summed E-state index contributed by atoms with van der Waals surface area (Å²) in [6.07, 6.45) is 0. The Morgan fingerprint density at radius 1 is 1.18 bits per heavy atom. The predicted molar refractivity (Wildman–Crippen MR) is 41.8 cm³/mol. The van der Waals surface area contributed by atoms with Gasteiger partial charge in [0.05, 0.1) is 0 Å². The van der Waals surface area contributed by atoms with E-state index in [0.29, 0.717) is 17.4 Å². The minimum absolute atomic E-state index is 0.318. The lowest BCUT2D eigenvalue weighted by molar-refractivity contribution is 1.12. The highest BCUT2D eigenvalue weighted by Gasteiger charge is 2.01. The first-order valence-electron chi connectivity index (χ1n) is 3.14. The number of pyridine rings is 1. The second kappa shape index (κ2) is 1.85. The van der Waals surface area contributed by atoms with Crippen molar-refractivity contribution in [1.29, 1.82) is 0 Å². The van der Waals surface area contributed by atoms with E-state index in [2.05, 4.69) is 10.2 Å². The fourth-order valence-electron chi connectivity index (χ4n) is 0.989. The van der Waals surface area contributed by atoms with Crippen LogP contribution in [0.25, 0.3) is 5.65 Å². The molecule has 0 atom stereocenters. The number of hydrogen-bond acceptors (Lipinski definition) is 4. The fraction of sp³-hybridized carbons (Fsp3) is 0. The SMILES string of the molecule is Nc1cccc2nnc(N)n12. The van der Waals surface area contributed by atoms with E-state index in [4.69, 9.17) is 11.5 Å². The molecule has 5 heteroatoms. The van der Waals surface area contributed by atoms with E-state index in [-0.39, 0.29) is 0 Å². The van der Waals surface area contributed by atoms with Gasteiger partial charge in [0.25, 0.3) is 0 Å². The minimum atomic E-state index is 0.318. The van der Waals surface area contributed by atoms with Gasteiger partial charge < -0.3 is 11.5 Å². The van der Waals surface area contributed by atoms with E-state index in [1.165, 1.54) is 0 Å². The van der Waals surface area contributed by atoms with Gasteiger partial charge in [-0.1, -0.05) is 6.07 Å². The molecule has 56 valence electrons. The Labute approximate surface area is 62.6 Å². The monoisotopic (exact) mass is 149 g/mol. The van der Waals surface area contributed by atoms with Gasteiger partial charge in [-0.15, -0.1) is 10.2 Å². The summed E-state index contributed by atoms with van der Waals surface area (Å²) in [6.45, 7) is 0. The quantitative estimate of drug-likeness (QED) is 0.547. The maximum absolute atomic E-state index is 5.60. The maximum Gasteiger partial charge on any atom is 0.228 e. The zero-order valence-electron chi connectivity index (χ0n) is 5.73. The molecule has 0 aliphatic rings. The number of anilines is 2. The molecule has 11 heavy (non-hydrogen) atoms. The van der Waals surface area contributed by atoms with Crippen LogP contribution in [0.5, 0.6) is 0 Å². The molecule has 0 spiro atoms. The van der Waals surface area contributed by atoms with Crippen LogP contribution in [0.4, 0.5) is 11.8 Å². The number of hydrogen-bond donors (Lipinski definition) is 2. The molecule has 0 aliphatic heterocycles. The first kappa shape index (κ1) is 5.96. The van der Waals surface area contributed by atoms with Crippen molar-refractivity contribution >= 4 is 17.4 Å². The number of fused-ring (bicyclic) bond motifs is 1. The zero-order chi connectivity index (χ0) is 7.84. The number of nitrogens with two attached hydrogens (primary N) is 2. The summed E-state index contributed by atoms with van der Waals surface area (Å²) in [4.78, 5) is 0. The average molecular weight is 149 g/mol. The second-order valence-corrected chi connectivity index (χ2v) is 2.20. The zero-order valence-corrected chi connectivity index (χ0v) is 5.73. The van der Waals surface area contributed by atoms with Crippen LogP contribution >= 0.6 is 0 Å². The van der Waals surface area contributed by atoms with Crippen molar-refractivity contribution < 1.29 is 0 Å². The number of aromatic nitrogens is 3. The average Bonchev–Trinajstić information content (AvgIpc) is 2.34. The Morgan fingerprint density at radius 3 is 2.73 bits per heavy atom. The number of rotatable bonds is 0. The molecule has 0 bridgehead atoms. The van der Waals surface area contributed by atoms with Crippen molar-refractivity contribution in [2.24, 2.45) is 0 Å². The summed E-state index contributed by atoms with van der Waals surface area (Å²) >= 11 is 0. The lowest BCUT2D eigenvalue weighted by Gasteiger charge is -1.97. The van der Waals surface area contributed by atoms with E-state index < -0.39 is 0 Å². The van der Waals surface area contributed by atoms with E-state index >= 15 is 0 Å². The van der Waals surface area contributed by atoms with Crippen molar-refractivity contribution in [3.05, 3.63) is 18.2 Å². The molecule has 0 fully saturated rings. The van der Waals surface area contributed by atoms with Gasteiger partial charge in [-0.05, 0) is 12.1 Å². The smallest absolute Gasteiger partial charge is 0.228 e. The van der Waals surface area contributed by atoms with Crippen LogP contribution in [-0.4, -0.2) is 14.6 Å². The Balaban J connectivity index is 2.96. The van der Waals surface area contributed by atoms with Crippen molar-refractivity contribution in [3.8, 4) is 0 Å². The molecule has 0 radical (unpaired) electrons. The second-order valence-electron chi connectivity index (χ2n) is 2.20. The van der Waals surface area contributed by atoms with Crippen LogP contribution in [0.3, 0.4) is 0 Å². The Morgan fingerprint density at radius 2 is 2.00 bits per heavy atom. The van der Waals surface area contributed by atoms with E-state index in [0.717, 1.165) is 0 Å². The molecule has 2 aromatic heterocycles. The summed E-state index contributed by atoms with van der Waals surface area (Å²) in [7, 11) is 0. The summed E-state index contributed by atoms with van der Waals surface area (Å²) in [5.74, 6) is 0.864. The first-order valence-corrected chi connectivity index (χ1v) is 3.14. The molecule has 0 saturated heterocycles. The van der Waals surface area contributed by atoms with Crippen LogP contribution in [0.15, 0.2) is 18.2 Å². The van der Waals surface area contributed by atoms with Gasteiger partial charge in [-0.25, -0.2) is 4.40 Å². The van der Waals surface area contributed by atoms with Crippen molar-refractivity contribution in [2.45, 2.75) is 0 Å². The third-order valence-electron chi connectivity index (χ3n) is 1.48. The number of nitrogens with zero attached hydrogens (tertiary/aromatic N) is 3. The summed E-state index contributed by atoms with van der Waals surface area (Å²) in [5.41, 5.74) is 11.8.